The molecule has 2 rings (SSSR count). The third kappa shape index (κ3) is 5.19. The number of likely N-dealkylation sites (N-methyl/N-ethyl adjacent to an activating group) is 1. The molecule has 0 fully saturated rings. The highest BCUT2D eigenvalue weighted by molar-refractivity contribution is 5.23. The molecule has 0 saturated heterocycles. The predicted octanol–water partition coefficient (Wildman–Crippen LogP) is 3.84. The van der Waals surface area contributed by atoms with Crippen LogP contribution in [0.1, 0.15) is 31.4 Å². The lowest BCUT2D eigenvalue weighted by Crippen LogP contribution is -2.53. The Morgan fingerprint density at radius 2 is 1.30 bits per heavy atom. The number of nitrogens with one attached hydrogen (secondary N) is 1. The lowest BCUT2D eigenvalue weighted by molar-refractivity contribution is -0.00253. The molecule has 2 aromatic rings. The van der Waals surface area contributed by atoms with Crippen molar-refractivity contribution in [2.45, 2.75) is 44.8 Å². The van der Waals surface area contributed by atoms with Crippen molar-refractivity contribution in [2.75, 3.05) is 7.05 Å². The zero-order valence-corrected chi connectivity index (χ0v) is 14.5. The average molecular weight is 311 g/mol. The van der Waals surface area contributed by atoms with Crippen molar-refractivity contribution in [1.29, 1.82) is 0 Å². The predicted molar refractivity (Wildman–Crippen MR) is 97.5 cm³/mol. The molecule has 23 heavy (non-hydrogen) atoms. The van der Waals surface area contributed by atoms with E-state index in [0.717, 1.165) is 6.42 Å². The minimum Gasteiger partial charge on any atom is -0.388 e. The summed E-state index contributed by atoms with van der Waals surface area (Å²) >= 11 is 0. The molecule has 0 bridgehead atoms. The summed E-state index contributed by atoms with van der Waals surface area (Å²) in [5.74, 6) is 0.533. The number of rotatable bonds is 8. The van der Waals surface area contributed by atoms with Crippen molar-refractivity contribution in [1.82, 2.24) is 5.32 Å². The summed E-state index contributed by atoms with van der Waals surface area (Å²) in [6.07, 6.45) is 2.26. The third-order valence-corrected chi connectivity index (χ3v) is 4.41. The van der Waals surface area contributed by atoms with Crippen LogP contribution >= 0.6 is 0 Å². The second-order valence-electron chi connectivity index (χ2n) is 6.90. The quantitative estimate of drug-likeness (QED) is 0.776. The molecule has 0 saturated carbocycles. The van der Waals surface area contributed by atoms with E-state index >= 15 is 0 Å². The Balaban J connectivity index is 2.28. The molecule has 124 valence electrons. The minimum absolute atomic E-state index is 0.0583. The van der Waals surface area contributed by atoms with Crippen LogP contribution in [0, 0.1) is 5.92 Å². The van der Waals surface area contributed by atoms with E-state index in [1.807, 2.05) is 43.4 Å². The number of aliphatic hydroxyl groups is 1. The van der Waals surface area contributed by atoms with E-state index in [9.17, 15) is 5.11 Å². The zero-order valence-electron chi connectivity index (χ0n) is 14.5. The van der Waals surface area contributed by atoms with E-state index in [1.165, 1.54) is 11.1 Å². The van der Waals surface area contributed by atoms with E-state index < -0.39 is 5.60 Å². The minimum atomic E-state index is -0.804. The van der Waals surface area contributed by atoms with Gasteiger partial charge in [-0.2, -0.15) is 0 Å². The summed E-state index contributed by atoms with van der Waals surface area (Å²) in [5, 5.41) is 14.9. The lowest BCUT2D eigenvalue weighted by Gasteiger charge is -2.38. The molecule has 0 amide bonds. The van der Waals surface area contributed by atoms with E-state index in [1.54, 1.807) is 0 Å². The summed E-state index contributed by atoms with van der Waals surface area (Å²) in [6, 6.07) is 20.6. The van der Waals surface area contributed by atoms with Gasteiger partial charge in [0, 0.05) is 18.9 Å². The molecule has 1 atom stereocenters. The normalized spacial score (nSPS) is 13.3. The average Bonchev–Trinajstić information content (AvgIpc) is 2.54. The fraction of sp³-hybridized carbons (Fsp3) is 0.429. The highest BCUT2D eigenvalue weighted by Gasteiger charge is 2.36. The second-order valence-corrected chi connectivity index (χ2v) is 6.90. The molecule has 0 aliphatic rings. The van der Waals surface area contributed by atoms with Crippen LogP contribution in [-0.4, -0.2) is 23.8 Å². The van der Waals surface area contributed by atoms with Gasteiger partial charge >= 0.3 is 0 Å². The molecule has 0 radical (unpaired) electrons. The standard InChI is InChI=1S/C21H29NO/c1-17(2)14-20(22-3)21(23,15-18-10-6-4-7-11-18)16-19-12-8-5-9-13-19/h4-13,17,20,22-23H,14-16H2,1-3H3. The second kappa shape index (κ2) is 8.28. The van der Waals surface area contributed by atoms with Gasteiger partial charge in [-0.1, -0.05) is 74.5 Å². The van der Waals surface area contributed by atoms with Crippen LogP contribution in [0.3, 0.4) is 0 Å². The molecule has 0 aliphatic carbocycles. The van der Waals surface area contributed by atoms with Crippen LogP contribution in [0.4, 0.5) is 0 Å². The Morgan fingerprint density at radius 1 is 0.870 bits per heavy atom. The Kier molecular flexibility index (Phi) is 6.37. The molecule has 2 aromatic carbocycles. The van der Waals surface area contributed by atoms with Crippen molar-refractivity contribution in [2.24, 2.45) is 5.92 Å². The van der Waals surface area contributed by atoms with Crippen LogP contribution in [0.5, 0.6) is 0 Å². The van der Waals surface area contributed by atoms with Gasteiger partial charge in [0.1, 0.15) is 0 Å². The summed E-state index contributed by atoms with van der Waals surface area (Å²) in [7, 11) is 1.95. The number of hydrogen-bond donors (Lipinski definition) is 2. The maximum Gasteiger partial charge on any atom is 0.0880 e. The van der Waals surface area contributed by atoms with E-state index in [2.05, 4.69) is 43.4 Å². The van der Waals surface area contributed by atoms with E-state index in [4.69, 9.17) is 0 Å². The fourth-order valence-electron chi connectivity index (χ4n) is 3.28. The van der Waals surface area contributed by atoms with Gasteiger partial charge in [0.15, 0.2) is 0 Å². The summed E-state index contributed by atoms with van der Waals surface area (Å²) in [4.78, 5) is 0. The van der Waals surface area contributed by atoms with Gasteiger partial charge in [-0.05, 0) is 30.5 Å². The van der Waals surface area contributed by atoms with Crippen LogP contribution < -0.4 is 5.32 Å². The van der Waals surface area contributed by atoms with Crippen LogP contribution in [0.2, 0.25) is 0 Å². The zero-order chi connectivity index (χ0) is 16.7. The fourth-order valence-corrected chi connectivity index (χ4v) is 3.28. The SMILES string of the molecule is CNC(CC(C)C)C(O)(Cc1ccccc1)Cc1ccccc1. The van der Waals surface area contributed by atoms with Crippen molar-refractivity contribution in [3.8, 4) is 0 Å². The van der Waals surface area contributed by atoms with Crippen LogP contribution in [-0.2, 0) is 12.8 Å². The van der Waals surface area contributed by atoms with Gasteiger partial charge in [0.2, 0.25) is 0 Å². The van der Waals surface area contributed by atoms with E-state index in [-0.39, 0.29) is 6.04 Å². The maximum atomic E-state index is 11.6. The molecule has 0 heterocycles. The monoisotopic (exact) mass is 311 g/mol. The summed E-state index contributed by atoms with van der Waals surface area (Å²) in [5.41, 5.74) is 1.55. The van der Waals surface area contributed by atoms with Crippen molar-refractivity contribution < 1.29 is 5.11 Å². The van der Waals surface area contributed by atoms with Gasteiger partial charge in [-0.3, -0.25) is 0 Å². The Morgan fingerprint density at radius 3 is 1.65 bits per heavy atom. The van der Waals surface area contributed by atoms with Crippen molar-refractivity contribution in [3.05, 3.63) is 71.8 Å². The number of benzene rings is 2. The van der Waals surface area contributed by atoms with Crippen LogP contribution in [0.15, 0.2) is 60.7 Å². The van der Waals surface area contributed by atoms with Crippen molar-refractivity contribution in [3.63, 3.8) is 0 Å². The molecule has 2 nitrogen and oxygen atoms in total. The van der Waals surface area contributed by atoms with E-state index in [0.29, 0.717) is 18.8 Å². The van der Waals surface area contributed by atoms with Crippen molar-refractivity contribution >= 4 is 0 Å². The largest absolute Gasteiger partial charge is 0.388 e. The third-order valence-electron chi connectivity index (χ3n) is 4.41. The molecule has 2 N–H and O–H groups in total. The first-order valence-electron chi connectivity index (χ1n) is 8.51. The molecular weight excluding hydrogens is 282 g/mol. The van der Waals surface area contributed by atoms with Gasteiger partial charge in [0.05, 0.1) is 5.60 Å². The smallest absolute Gasteiger partial charge is 0.0880 e. The highest BCUT2D eigenvalue weighted by Crippen LogP contribution is 2.26. The Hall–Kier alpha value is -1.64. The Labute approximate surface area is 140 Å². The molecule has 0 aromatic heterocycles. The molecular formula is C21H29NO. The van der Waals surface area contributed by atoms with Gasteiger partial charge in [0.25, 0.3) is 0 Å². The number of hydrogen-bond acceptors (Lipinski definition) is 2. The topological polar surface area (TPSA) is 32.3 Å². The lowest BCUT2D eigenvalue weighted by atomic mass is 9.79. The summed E-state index contributed by atoms with van der Waals surface area (Å²) < 4.78 is 0. The first-order chi connectivity index (χ1) is 11.0. The molecule has 1 unspecified atom stereocenters. The maximum absolute atomic E-state index is 11.6. The van der Waals surface area contributed by atoms with Crippen LogP contribution in [0.25, 0.3) is 0 Å². The molecule has 0 spiro atoms. The Bertz CT molecular complexity index is 523. The van der Waals surface area contributed by atoms with Gasteiger partial charge < -0.3 is 10.4 Å². The first kappa shape index (κ1) is 17.7. The van der Waals surface area contributed by atoms with Gasteiger partial charge in [-0.15, -0.1) is 0 Å². The molecule has 0 aliphatic heterocycles. The summed E-state index contributed by atoms with van der Waals surface area (Å²) in [6.45, 7) is 4.41. The highest BCUT2D eigenvalue weighted by atomic mass is 16.3. The first-order valence-corrected chi connectivity index (χ1v) is 8.51. The van der Waals surface area contributed by atoms with Gasteiger partial charge in [-0.25, -0.2) is 0 Å². The molecule has 2 heteroatoms.